The van der Waals surface area contributed by atoms with E-state index in [2.05, 4.69) is 11.0 Å². The summed E-state index contributed by atoms with van der Waals surface area (Å²) in [5.41, 5.74) is -0.726. The molecule has 46 heavy (non-hydrogen) atoms. The number of likely N-dealkylation sites (N-methyl/N-ethyl adjacent to an activating group) is 1. The van der Waals surface area contributed by atoms with E-state index in [1.54, 1.807) is 47.6 Å². The van der Waals surface area contributed by atoms with Gasteiger partial charge < -0.3 is 38.4 Å². The van der Waals surface area contributed by atoms with Crippen molar-refractivity contribution < 1.29 is 52.7 Å². The monoisotopic (exact) mass is 643 g/mol. The summed E-state index contributed by atoms with van der Waals surface area (Å²) < 4.78 is 33.3. The second kappa shape index (κ2) is 11.6. The first kappa shape index (κ1) is 33.7. The third-order valence-electron chi connectivity index (χ3n) is 9.08. The lowest BCUT2D eigenvalue weighted by molar-refractivity contribution is -0.180. The third kappa shape index (κ3) is 5.97. The van der Waals surface area contributed by atoms with E-state index >= 15 is 0 Å². The molecule has 12 nitrogen and oxygen atoms in total. The number of rotatable bonds is 7. The molecule has 2 bridgehead atoms. The summed E-state index contributed by atoms with van der Waals surface area (Å²) in [6.07, 6.45) is -2.60. The number of aliphatic hydroxyl groups is 1. The molecule has 4 aliphatic rings. The molecule has 6 atom stereocenters. The van der Waals surface area contributed by atoms with Crippen LogP contribution in [0, 0.1) is 6.92 Å². The van der Waals surface area contributed by atoms with E-state index in [-0.39, 0.29) is 18.2 Å². The van der Waals surface area contributed by atoms with E-state index in [0.717, 1.165) is 23.2 Å². The molecule has 1 N–H and O–H groups in total. The van der Waals surface area contributed by atoms with Crippen LogP contribution >= 0.6 is 0 Å². The Bertz CT molecular complexity index is 1440. The molecule has 2 heterocycles. The SMILES string of the molecule is Cc1ccc2c3c1O[C@H]1C(OC(=O)[C@H](C)OC(=O)[C@H](CC(=O)OC(C)(C)C)OC(=O)OC(C)(C)C)=CC[C@@]4(O)[C@@H](C2)N(C)CC[C@]314. The summed E-state index contributed by atoms with van der Waals surface area (Å²) in [7, 11) is 2.01. The maximum Gasteiger partial charge on any atom is 0.509 e. The number of carbonyl (C=O) groups excluding carboxylic acids is 4. The number of aryl methyl sites for hydroxylation is 1. The zero-order chi connectivity index (χ0) is 34.0. The summed E-state index contributed by atoms with van der Waals surface area (Å²) in [6.45, 7) is 13.8. The highest BCUT2D eigenvalue weighted by atomic mass is 16.7. The summed E-state index contributed by atoms with van der Waals surface area (Å²) in [6, 6.07) is 3.95. The molecular formula is C34H45NO11. The highest BCUT2D eigenvalue weighted by Gasteiger charge is 2.71. The van der Waals surface area contributed by atoms with Crippen LogP contribution in [0.3, 0.4) is 0 Å². The number of benzene rings is 1. The second-order valence-electron chi connectivity index (χ2n) is 14.8. The van der Waals surface area contributed by atoms with Crippen LogP contribution in [0.5, 0.6) is 5.75 Å². The van der Waals surface area contributed by atoms with Crippen LogP contribution in [-0.4, -0.2) is 88.8 Å². The van der Waals surface area contributed by atoms with Gasteiger partial charge in [-0.25, -0.2) is 14.4 Å². The summed E-state index contributed by atoms with van der Waals surface area (Å²) in [5, 5.41) is 12.3. The van der Waals surface area contributed by atoms with Crippen LogP contribution in [0.2, 0.25) is 0 Å². The zero-order valence-corrected chi connectivity index (χ0v) is 28.1. The van der Waals surface area contributed by atoms with Crippen LogP contribution in [0.15, 0.2) is 24.0 Å². The van der Waals surface area contributed by atoms with Gasteiger partial charge in [0, 0.05) is 18.0 Å². The van der Waals surface area contributed by atoms with Crippen molar-refractivity contribution in [3.8, 4) is 5.75 Å². The van der Waals surface area contributed by atoms with Crippen molar-refractivity contribution in [3.63, 3.8) is 0 Å². The molecule has 2 aliphatic carbocycles. The fourth-order valence-corrected chi connectivity index (χ4v) is 7.18. The molecule has 1 fully saturated rings. The minimum Gasteiger partial charge on any atom is -0.481 e. The third-order valence-corrected chi connectivity index (χ3v) is 9.08. The first-order valence-corrected chi connectivity index (χ1v) is 15.7. The Kier molecular flexibility index (Phi) is 8.47. The number of esters is 3. The van der Waals surface area contributed by atoms with Gasteiger partial charge in [-0.15, -0.1) is 0 Å². The fourth-order valence-electron chi connectivity index (χ4n) is 7.18. The molecule has 12 heteroatoms. The van der Waals surface area contributed by atoms with Gasteiger partial charge in [-0.3, -0.25) is 4.79 Å². The van der Waals surface area contributed by atoms with Crippen LogP contribution in [0.4, 0.5) is 4.79 Å². The van der Waals surface area contributed by atoms with E-state index < -0.39 is 71.0 Å². The molecule has 1 saturated heterocycles. The summed E-state index contributed by atoms with van der Waals surface area (Å²) in [4.78, 5) is 53.7. The fraction of sp³-hybridized carbons (Fsp3) is 0.647. The molecule has 1 aromatic rings. The van der Waals surface area contributed by atoms with E-state index in [0.29, 0.717) is 18.6 Å². The lowest BCUT2D eigenvalue weighted by Crippen LogP contribution is -2.74. The first-order valence-electron chi connectivity index (χ1n) is 15.7. The van der Waals surface area contributed by atoms with Gasteiger partial charge in [0.25, 0.3) is 0 Å². The van der Waals surface area contributed by atoms with Crippen molar-refractivity contribution in [2.75, 3.05) is 13.6 Å². The topological polar surface area (TPSA) is 147 Å². The number of hydrogen-bond acceptors (Lipinski definition) is 12. The summed E-state index contributed by atoms with van der Waals surface area (Å²) in [5.74, 6) is -1.92. The normalized spacial score (nSPS) is 27.7. The average molecular weight is 644 g/mol. The van der Waals surface area contributed by atoms with Crippen molar-refractivity contribution in [3.05, 3.63) is 40.7 Å². The predicted molar refractivity (Wildman–Crippen MR) is 163 cm³/mol. The van der Waals surface area contributed by atoms with E-state index in [4.69, 9.17) is 28.4 Å². The molecule has 5 rings (SSSR count). The van der Waals surface area contributed by atoms with Gasteiger partial charge in [-0.1, -0.05) is 12.1 Å². The molecule has 0 radical (unpaired) electrons. The van der Waals surface area contributed by atoms with Crippen LogP contribution in [0.25, 0.3) is 0 Å². The Labute approximate surface area is 269 Å². The lowest BCUT2D eigenvalue weighted by Gasteiger charge is -2.61. The van der Waals surface area contributed by atoms with Gasteiger partial charge in [0.1, 0.15) is 22.7 Å². The number of likely N-dealkylation sites (tertiary alicyclic amines) is 1. The predicted octanol–water partition coefficient (Wildman–Crippen LogP) is 3.80. The zero-order valence-electron chi connectivity index (χ0n) is 28.1. The van der Waals surface area contributed by atoms with Crippen molar-refractivity contribution in [1.29, 1.82) is 0 Å². The van der Waals surface area contributed by atoms with Gasteiger partial charge in [0.05, 0.1) is 17.4 Å². The molecule has 1 spiro atoms. The van der Waals surface area contributed by atoms with Crippen molar-refractivity contribution in [1.82, 2.24) is 4.90 Å². The average Bonchev–Trinajstić information content (AvgIpc) is 3.27. The van der Waals surface area contributed by atoms with Gasteiger partial charge in [0.2, 0.25) is 6.10 Å². The Morgan fingerprint density at radius 3 is 2.37 bits per heavy atom. The molecule has 0 saturated carbocycles. The Morgan fingerprint density at radius 2 is 1.72 bits per heavy atom. The molecule has 0 aromatic heterocycles. The van der Waals surface area contributed by atoms with Crippen LogP contribution < -0.4 is 4.74 Å². The van der Waals surface area contributed by atoms with Crippen LogP contribution in [-0.2, 0) is 49.9 Å². The minimum atomic E-state index is -1.74. The van der Waals surface area contributed by atoms with Crippen molar-refractivity contribution in [2.45, 2.75) is 128 Å². The number of hydrogen-bond donors (Lipinski definition) is 1. The summed E-state index contributed by atoms with van der Waals surface area (Å²) >= 11 is 0. The number of piperidine rings is 1. The molecule has 2 aliphatic heterocycles. The van der Waals surface area contributed by atoms with E-state index in [1.165, 1.54) is 6.92 Å². The van der Waals surface area contributed by atoms with Crippen molar-refractivity contribution >= 4 is 24.1 Å². The van der Waals surface area contributed by atoms with Crippen molar-refractivity contribution in [2.24, 2.45) is 0 Å². The molecular weight excluding hydrogens is 598 g/mol. The van der Waals surface area contributed by atoms with Gasteiger partial charge in [-0.2, -0.15) is 0 Å². The molecule has 252 valence electrons. The number of ether oxygens (including phenoxy) is 6. The van der Waals surface area contributed by atoms with E-state index in [9.17, 15) is 24.3 Å². The van der Waals surface area contributed by atoms with E-state index in [1.807, 2.05) is 20.0 Å². The van der Waals surface area contributed by atoms with Gasteiger partial charge >= 0.3 is 24.1 Å². The largest absolute Gasteiger partial charge is 0.509 e. The number of nitrogens with zero attached hydrogens (tertiary/aromatic N) is 1. The van der Waals surface area contributed by atoms with Gasteiger partial charge in [-0.05, 0) is 99.0 Å². The first-order chi connectivity index (χ1) is 21.3. The highest BCUT2D eigenvalue weighted by Crippen LogP contribution is 2.64. The highest BCUT2D eigenvalue weighted by molar-refractivity contribution is 5.86. The second-order valence-corrected chi connectivity index (χ2v) is 14.8. The molecule has 0 amide bonds. The number of carbonyl (C=O) groups is 4. The maximum absolute atomic E-state index is 13.4. The quantitative estimate of drug-likeness (QED) is 0.341. The Hall–Kier alpha value is -3.64. The smallest absolute Gasteiger partial charge is 0.481 e. The lowest BCUT2D eigenvalue weighted by atomic mass is 9.50. The standard InChI is InChI=1S/C34H45NO11/c1-18-10-11-20-16-23-34(40)13-12-21(27-33(34,14-15-35(23)9)25(20)26(18)44-27)42-28(37)19(2)41-29(38)22(17-24(36)45-31(3,4)5)43-30(39)46-32(6,7)8/h10-12,19,22-23,27,40H,13-17H2,1-9H3/t19-,22-,23+,27-,33-,34+/m0/s1. The molecule has 0 unspecified atom stereocenters. The van der Waals surface area contributed by atoms with Gasteiger partial charge in [0.15, 0.2) is 12.2 Å². The van der Waals surface area contributed by atoms with Crippen LogP contribution in [0.1, 0.15) is 84.4 Å². The minimum absolute atomic E-state index is 0.145. The molecule has 1 aromatic carbocycles. The Morgan fingerprint density at radius 1 is 1.04 bits per heavy atom. The Balaban J connectivity index is 1.33. The maximum atomic E-state index is 13.4.